The highest BCUT2D eigenvalue weighted by Crippen LogP contribution is 2.34. The van der Waals surface area contributed by atoms with Gasteiger partial charge in [0.15, 0.2) is 5.78 Å². The van der Waals surface area contributed by atoms with Crippen LogP contribution in [0.5, 0.6) is 0 Å². The van der Waals surface area contributed by atoms with Crippen LogP contribution >= 0.6 is 11.3 Å². The Balaban J connectivity index is 2.08. The quantitative estimate of drug-likeness (QED) is 0.574. The van der Waals surface area contributed by atoms with Gasteiger partial charge in [0.1, 0.15) is 5.01 Å². The predicted molar refractivity (Wildman–Crippen MR) is 88.8 cm³/mol. The molecule has 0 unspecified atom stereocenters. The Morgan fingerprint density at radius 1 is 1.24 bits per heavy atom. The maximum Gasteiger partial charge on any atom is 0.162 e. The number of aromatic nitrogens is 1. The van der Waals surface area contributed by atoms with Crippen molar-refractivity contribution in [3.05, 3.63) is 47.5 Å². The SMILES string of the molecule is CCC(=O)c1ccc(-c2nc3ccc(C)cc3s2)c(N)c1. The number of nitrogens with zero attached hydrogens (tertiary/aromatic N) is 1. The molecule has 0 saturated heterocycles. The van der Waals surface area contributed by atoms with Gasteiger partial charge in [0.05, 0.1) is 10.2 Å². The number of rotatable bonds is 3. The molecular weight excluding hydrogens is 280 g/mol. The first-order valence-electron chi connectivity index (χ1n) is 6.88. The van der Waals surface area contributed by atoms with E-state index >= 15 is 0 Å². The molecule has 0 bridgehead atoms. The summed E-state index contributed by atoms with van der Waals surface area (Å²) in [7, 11) is 0. The number of ketones is 1. The third-order valence-electron chi connectivity index (χ3n) is 3.47. The van der Waals surface area contributed by atoms with Crippen molar-refractivity contribution in [2.24, 2.45) is 0 Å². The summed E-state index contributed by atoms with van der Waals surface area (Å²) in [5.41, 5.74) is 10.5. The Morgan fingerprint density at radius 3 is 2.76 bits per heavy atom. The minimum Gasteiger partial charge on any atom is -0.398 e. The second-order valence-electron chi connectivity index (χ2n) is 5.07. The van der Waals surface area contributed by atoms with E-state index in [1.54, 1.807) is 17.4 Å². The van der Waals surface area contributed by atoms with Crippen LogP contribution in [0, 0.1) is 6.92 Å². The van der Waals surface area contributed by atoms with E-state index in [1.165, 1.54) is 5.56 Å². The summed E-state index contributed by atoms with van der Waals surface area (Å²) >= 11 is 1.62. The van der Waals surface area contributed by atoms with E-state index < -0.39 is 0 Å². The van der Waals surface area contributed by atoms with Crippen LogP contribution in [0.2, 0.25) is 0 Å². The molecule has 21 heavy (non-hydrogen) atoms. The smallest absolute Gasteiger partial charge is 0.162 e. The molecule has 3 rings (SSSR count). The van der Waals surface area contributed by atoms with E-state index in [9.17, 15) is 4.79 Å². The van der Waals surface area contributed by atoms with Gasteiger partial charge < -0.3 is 5.73 Å². The second-order valence-corrected chi connectivity index (χ2v) is 6.10. The molecule has 0 aliphatic rings. The van der Waals surface area contributed by atoms with Crippen LogP contribution < -0.4 is 5.73 Å². The van der Waals surface area contributed by atoms with Crippen LogP contribution in [0.1, 0.15) is 29.3 Å². The zero-order chi connectivity index (χ0) is 15.0. The summed E-state index contributed by atoms with van der Waals surface area (Å²) < 4.78 is 1.15. The number of nitrogen functional groups attached to an aromatic ring is 1. The fourth-order valence-electron chi connectivity index (χ4n) is 2.28. The van der Waals surface area contributed by atoms with Gasteiger partial charge in [-0.1, -0.05) is 19.1 Å². The number of nitrogens with two attached hydrogens (primary N) is 1. The van der Waals surface area contributed by atoms with Crippen molar-refractivity contribution < 1.29 is 4.79 Å². The van der Waals surface area contributed by atoms with Gasteiger partial charge in [0.2, 0.25) is 0 Å². The average molecular weight is 296 g/mol. The number of fused-ring (bicyclic) bond motifs is 1. The van der Waals surface area contributed by atoms with Gasteiger partial charge in [-0.2, -0.15) is 0 Å². The molecule has 0 radical (unpaired) electrons. The Kier molecular flexibility index (Phi) is 3.47. The lowest BCUT2D eigenvalue weighted by Gasteiger charge is -2.04. The predicted octanol–water partition coefficient (Wildman–Crippen LogP) is 4.45. The molecule has 2 N–H and O–H groups in total. The summed E-state index contributed by atoms with van der Waals surface area (Å²) in [6.07, 6.45) is 0.485. The Labute approximate surface area is 127 Å². The molecule has 4 heteroatoms. The van der Waals surface area contributed by atoms with Gasteiger partial charge in [-0.15, -0.1) is 11.3 Å². The standard InChI is InChI=1S/C17H16N2OS/c1-3-15(20)11-5-6-12(13(18)9-11)17-19-14-7-4-10(2)8-16(14)21-17/h4-9H,3,18H2,1-2H3. The van der Waals surface area contributed by atoms with Crippen molar-refractivity contribution in [3.63, 3.8) is 0 Å². The molecule has 2 aromatic carbocycles. The zero-order valence-corrected chi connectivity index (χ0v) is 12.8. The molecule has 3 nitrogen and oxygen atoms in total. The van der Waals surface area contributed by atoms with Gasteiger partial charge >= 0.3 is 0 Å². The van der Waals surface area contributed by atoms with Crippen molar-refractivity contribution in [3.8, 4) is 10.6 Å². The fourth-order valence-corrected chi connectivity index (χ4v) is 3.39. The minimum absolute atomic E-state index is 0.105. The van der Waals surface area contributed by atoms with E-state index in [-0.39, 0.29) is 5.78 Å². The molecule has 0 saturated carbocycles. The van der Waals surface area contributed by atoms with Crippen molar-refractivity contribution in [2.45, 2.75) is 20.3 Å². The van der Waals surface area contributed by atoms with Crippen LogP contribution in [0.3, 0.4) is 0 Å². The average Bonchev–Trinajstić information content (AvgIpc) is 2.88. The number of carbonyl (C=O) groups is 1. The van der Waals surface area contributed by atoms with Crippen molar-refractivity contribution in [1.29, 1.82) is 0 Å². The summed E-state index contributed by atoms with van der Waals surface area (Å²) in [5.74, 6) is 0.105. The third-order valence-corrected chi connectivity index (χ3v) is 4.52. The molecule has 1 heterocycles. The molecule has 106 valence electrons. The molecule has 1 aromatic heterocycles. The van der Waals surface area contributed by atoms with E-state index in [1.807, 2.05) is 25.1 Å². The number of hydrogen-bond donors (Lipinski definition) is 1. The highest BCUT2D eigenvalue weighted by Gasteiger charge is 2.12. The first kappa shape index (κ1) is 13.8. The highest BCUT2D eigenvalue weighted by molar-refractivity contribution is 7.21. The zero-order valence-electron chi connectivity index (χ0n) is 12.0. The van der Waals surface area contributed by atoms with Crippen LogP contribution in [0.15, 0.2) is 36.4 Å². The normalized spacial score (nSPS) is 11.0. The van der Waals surface area contributed by atoms with Gasteiger partial charge in [-0.05, 0) is 36.8 Å². The molecule has 3 aromatic rings. The third kappa shape index (κ3) is 2.54. The molecular formula is C17H16N2OS. The van der Waals surface area contributed by atoms with Gasteiger partial charge in [-0.25, -0.2) is 4.98 Å². The molecule has 0 aliphatic heterocycles. The lowest BCUT2D eigenvalue weighted by molar-refractivity contribution is 0.0988. The summed E-state index contributed by atoms with van der Waals surface area (Å²) in [4.78, 5) is 16.4. The number of aryl methyl sites for hydroxylation is 1. The Morgan fingerprint density at radius 2 is 2.05 bits per heavy atom. The molecule has 0 spiro atoms. The van der Waals surface area contributed by atoms with E-state index in [4.69, 9.17) is 5.73 Å². The molecule has 0 fully saturated rings. The lowest BCUT2D eigenvalue weighted by atomic mass is 10.1. The van der Waals surface area contributed by atoms with Crippen molar-refractivity contribution in [2.75, 3.05) is 5.73 Å². The van der Waals surface area contributed by atoms with E-state index in [2.05, 4.69) is 24.0 Å². The van der Waals surface area contributed by atoms with Crippen LogP contribution in [0.25, 0.3) is 20.8 Å². The van der Waals surface area contributed by atoms with Gasteiger partial charge in [0.25, 0.3) is 0 Å². The summed E-state index contributed by atoms with van der Waals surface area (Å²) in [5, 5.41) is 0.892. The first-order valence-corrected chi connectivity index (χ1v) is 7.70. The summed E-state index contributed by atoms with van der Waals surface area (Å²) in [6, 6.07) is 11.7. The Hall–Kier alpha value is -2.20. The second kappa shape index (κ2) is 5.30. The van der Waals surface area contributed by atoms with Crippen molar-refractivity contribution >= 4 is 33.0 Å². The number of benzene rings is 2. The Bertz CT molecular complexity index is 836. The monoisotopic (exact) mass is 296 g/mol. The molecule has 0 aliphatic carbocycles. The van der Waals surface area contributed by atoms with Crippen molar-refractivity contribution in [1.82, 2.24) is 4.98 Å². The minimum atomic E-state index is 0.105. The van der Waals surface area contributed by atoms with E-state index in [0.717, 1.165) is 20.8 Å². The first-order chi connectivity index (χ1) is 10.1. The number of thiazole rings is 1. The fraction of sp³-hybridized carbons (Fsp3) is 0.176. The van der Waals surface area contributed by atoms with Gasteiger partial charge in [-0.3, -0.25) is 4.79 Å². The highest BCUT2D eigenvalue weighted by atomic mass is 32.1. The van der Waals surface area contributed by atoms with Gasteiger partial charge in [0, 0.05) is 23.2 Å². The lowest BCUT2D eigenvalue weighted by Crippen LogP contribution is -1.99. The maximum atomic E-state index is 11.7. The van der Waals surface area contributed by atoms with Crippen LogP contribution in [-0.4, -0.2) is 10.8 Å². The number of Topliss-reactive ketones (excluding diaryl/α,β-unsaturated/α-hetero) is 1. The number of hydrogen-bond acceptors (Lipinski definition) is 4. The summed E-state index contributed by atoms with van der Waals surface area (Å²) in [6.45, 7) is 3.92. The maximum absolute atomic E-state index is 11.7. The number of carbonyl (C=O) groups excluding carboxylic acids is 1. The largest absolute Gasteiger partial charge is 0.398 e. The molecule has 0 amide bonds. The van der Waals surface area contributed by atoms with E-state index in [0.29, 0.717) is 17.7 Å². The topological polar surface area (TPSA) is 56.0 Å². The molecule has 0 atom stereocenters. The number of anilines is 1. The van der Waals surface area contributed by atoms with Crippen LogP contribution in [0.4, 0.5) is 5.69 Å². The van der Waals surface area contributed by atoms with Crippen LogP contribution in [-0.2, 0) is 0 Å².